The minimum Gasteiger partial charge on any atom is -0.510 e. The molecule has 0 saturated carbocycles. The van der Waals surface area contributed by atoms with Gasteiger partial charge < -0.3 is 36.4 Å². The van der Waals surface area contributed by atoms with E-state index in [4.69, 9.17) is 11.1 Å². The van der Waals surface area contributed by atoms with E-state index in [2.05, 4.69) is 5.32 Å². The zero-order valence-corrected chi connectivity index (χ0v) is 21.1. The Hall–Kier alpha value is -3.90. The predicted molar refractivity (Wildman–Crippen MR) is 136 cm³/mol. The second kappa shape index (κ2) is 8.84. The fourth-order valence-corrected chi connectivity index (χ4v) is 6.52. The summed E-state index contributed by atoms with van der Waals surface area (Å²) in [5.74, 6) is -6.75. The number of allylic oxidation sites excluding steroid dienone is 1. The molecule has 0 spiro atoms. The molecular formula is C26H31N5O7. The number of aliphatic hydroxyl groups excluding tert-OH is 2. The van der Waals surface area contributed by atoms with Crippen molar-refractivity contribution in [2.75, 3.05) is 32.5 Å². The monoisotopic (exact) mass is 525 g/mol. The van der Waals surface area contributed by atoms with E-state index in [1.807, 2.05) is 4.90 Å². The molecule has 12 nitrogen and oxygen atoms in total. The van der Waals surface area contributed by atoms with Crippen LogP contribution in [-0.4, -0.2) is 92.5 Å². The van der Waals surface area contributed by atoms with Crippen LogP contribution in [0.4, 0.5) is 5.69 Å². The number of phenols is 1. The van der Waals surface area contributed by atoms with Crippen LogP contribution in [0, 0.1) is 17.2 Å². The van der Waals surface area contributed by atoms with Gasteiger partial charge in [-0.05, 0) is 63.4 Å². The number of nitrogens with one attached hydrogen (secondary N) is 2. The molecule has 4 aliphatic rings. The van der Waals surface area contributed by atoms with Gasteiger partial charge in [-0.3, -0.25) is 24.7 Å². The lowest BCUT2D eigenvalue weighted by molar-refractivity contribution is -0.148. The Kier molecular flexibility index (Phi) is 5.99. The van der Waals surface area contributed by atoms with E-state index < -0.39 is 58.0 Å². The second-order valence-corrected chi connectivity index (χ2v) is 10.6. The van der Waals surface area contributed by atoms with Crippen LogP contribution in [0.3, 0.4) is 0 Å². The summed E-state index contributed by atoms with van der Waals surface area (Å²) in [7, 11) is 3.16. The van der Waals surface area contributed by atoms with E-state index in [9.17, 15) is 34.8 Å². The van der Waals surface area contributed by atoms with Crippen molar-refractivity contribution in [2.24, 2.45) is 17.6 Å². The highest BCUT2D eigenvalue weighted by atomic mass is 16.3. The summed E-state index contributed by atoms with van der Waals surface area (Å²) in [6.07, 6.45) is 2.10. The SMILES string of the molecule is CN(C)[C@H]1C(O)=C(C(N)=O)C(=O)[C@@]2(O)C(O)=C3C(=O)c4c(O)ccc(NC(=N)N5CCCC5)c4C[C@@H]3C[C@H]12. The number of carbonyl (C=O) groups is 3. The molecule has 4 atom stereocenters. The highest BCUT2D eigenvalue weighted by Gasteiger charge is 2.63. The first kappa shape index (κ1) is 25.7. The van der Waals surface area contributed by atoms with Crippen LogP contribution in [0.2, 0.25) is 0 Å². The summed E-state index contributed by atoms with van der Waals surface area (Å²) >= 11 is 0. The first-order valence-electron chi connectivity index (χ1n) is 12.5. The van der Waals surface area contributed by atoms with Gasteiger partial charge in [0.05, 0.1) is 11.6 Å². The molecule has 1 aliphatic heterocycles. The molecule has 12 heteroatoms. The van der Waals surface area contributed by atoms with Crippen molar-refractivity contribution >= 4 is 29.1 Å². The molecule has 8 N–H and O–H groups in total. The van der Waals surface area contributed by atoms with Gasteiger partial charge in [0.25, 0.3) is 5.91 Å². The largest absolute Gasteiger partial charge is 0.510 e. The van der Waals surface area contributed by atoms with Crippen LogP contribution in [-0.2, 0) is 16.0 Å². The number of hydrogen-bond acceptors (Lipinski definition) is 9. The molecule has 1 heterocycles. The molecule has 0 radical (unpaired) electrons. The van der Waals surface area contributed by atoms with Crippen LogP contribution in [0.1, 0.15) is 35.2 Å². The number of guanidine groups is 1. The maximum absolute atomic E-state index is 13.7. The Morgan fingerprint density at radius 1 is 1.18 bits per heavy atom. The zero-order chi connectivity index (χ0) is 27.7. The summed E-state index contributed by atoms with van der Waals surface area (Å²) in [5, 5.41) is 56.0. The number of benzene rings is 1. The lowest BCUT2D eigenvalue weighted by atomic mass is 9.58. The van der Waals surface area contributed by atoms with Gasteiger partial charge in [-0.25, -0.2) is 0 Å². The van der Waals surface area contributed by atoms with E-state index >= 15 is 0 Å². The third-order valence-corrected chi connectivity index (χ3v) is 8.28. The minimum atomic E-state index is -2.67. The average Bonchev–Trinajstić information content (AvgIpc) is 3.38. The number of hydrogen-bond donors (Lipinski definition) is 7. The van der Waals surface area contributed by atoms with Gasteiger partial charge in [0.2, 0.25) is 5.78 Å². The number of likely N-dealkylation sites (N-methyl/N-ethyl adjacent to an activating group) is 1. The van der Waals surface area contributed by atoms with E-state index in [1.54, 1.807) is 20.2 Å². The number of ketones is 2. The molecule has 1 aromatic rings. The van der Waals surface area contributed by atoms with Crippen molar-refractivity contribution in [3.05, 3.63) is 45.9 Å². The fourth-order valence-electron chi connectivity index (χ4n) is 6.52. The average molecular weight is 526 g/mol. The summed E-state index contributed by atoms with van der Waals surface area (Å²) in [6.45, 7) is 1.47. The topological polar surface area (TPSA) is 201 Å². The van der Waals surface area contributed by atoms with Gasteiger partial charge in [-0.1, -0.05) is 0 Å². The standard InChI is InChI=1S/C26H31N5O7/c1-30(2)19-13-10-11-9-12-14(29-25(28)31-7-3-4-8-31)5-6-15(32)17(12)20(33)16(11)22(35)26(13,38)23(36)18(21(19)34)24(27)37/h5-6,11,13,19,32,34-35,38H,3-4,7-10H2,1-2H3,(H2,27,37)(H2,28,29)/t11-,13-,19-,26+/m1/s1. The Balaban J connectivity index is 1.63. The number of anilines is 1. The lowest BCUT2D eigenvalue weighted by Crippen LogP contribution is -2.63. The number of nitrogens with two attached hydrogens (primary N) is 1. The first-order valence-corrected chi connectivity index (χ1v) is 12.5. The van der Waals surface area contributed by atoms with Gasteiger partial charge >= 0.3 is 0 Å². The van der Waals surface area contributed by atoms with Gasteiger partial charge in [0, 0.05) is 30.3 Å². The zero-order valence-electron chi connectivity index (χ0n) is 21.1. The number of fused-ring (bicyclic) bond motifs is 3. The third-order valence-electron chi connectivity index (χ3n) is 8.28. The molecule has 1 amide bonds. The van der Waals surface area contributed by atoms with E-state index in [0.717, 1.165) is 25.9 Å². The van der Waals surface area contributed by atoms with Crippen LogP contribution in [0.5, 0.6) is 5.75 Å². The summed E-state index contributed by atoms with van der Waals surface area (Å²) in [6, 6.07) is 1.85. The van der Waals surface area contributed by atoms with Gasteiger partial charge in [-0.15, -0.1) is 0 Å². The molecule has 3 aliphatic carbocycles. The number of amides is 1. The second-order valence-electron chi connectivity index (χ2n) is 10.6. The molecule has 1 aromatic carbocycles. The molecule has 1 saturated heterocycles. The third kappa shape index (κ3) is 3.51. The van der Waals surface area contributed by atoms with E-state index in [-0.39, 0.29) is 35.7 Å². The number of carbonyl (C=O) groups excluding carboxylic acids is 3. The number of rotatable bonds is 3. The summed E-state index contributed by atoms with van der Waals surface area (Å²) in [4.78, 5) is 42.5. The highest BCUT2D eigenvalue weighted by Crippen LogP contribution is 2.52. The quantitative estimate of drug-likeness (QED) is 0.127. The highest BCUT2D eigenvalue weighted by molar-refractivity contribution is 6.25. The van der Waals surface area contributed by atoms with Crippen LogP contribution in [0.25, 0.3) is 0 Å². The van der Waals surface area contributed by atoms with Crippen LogP contribution < -0.4 is 11.1 Å². The number of primary amides is 1. The number of nitrogens with zero attached hydrogens (tertiary/aromatic N) is 2. The molecule has 1 fully saturated rings. The maximum atomic E-state index is 13.7. The molecule has 0 aromatic heterocycles. The maximum Gasteiger partial charge on any atom is 0.255 e. The number of aromatic hydroxyl groups is 1. The smallest absolute Gasteiger partial charge is 0.255 e. The molecule has 0 bridgehead atoms. The lowest BCUT2D eigenvalue weighted by Gasteiger charge is -2.50. The molecule has 38 heavy (non-hydrogen) atoms. The Bertz CT molecular complexity index is 1340. The van der Waals surface area contributed by atoms with Crippen LogP contribution in [0.15, 0.2) is 34.8 Å². The van der Waals surface area contributed by atoms with Gasteiger partial charge in [-0.2, -0.15) is 0 Å². The summed E-state index contributed by atoms with van der Waals surface area (Å²) in [5.41, 5.74) is 2.44. The van der Waals surface area contributed by atoms with Crippen molar-refractivity contribution in [2.45, 2.75) is 37.3 Å². The van der Waals surface area contributed by atoms with Crippen molar-refractivity contribution in [3.63, 3.8) is 0 Å². The molecular weight excluding hydrogens is 494 g/mol. The van der Waals surface area contributed by atoms with Crippen molar-refractivity contribution in [1.29, 1.82) is 5.41 Å². The van der Waals surface area contributed by atoms with E-state index in [1.165, 1.54) is 11.0 Å². The van der Waals surface area contributed by atoms with Gasteiger partial charge in [0.15, 0.2) is 17.3 Å². The molecule has 0 unspecified atom stereocenters. The normalized spacial score (nSPS) is 28.8. The van der Waals surface area contributed by atoms with Crippen molar-refractivity contribution < 1.29 is 34.8 Å². The molecule has 5 rings (SSSR count). The molecule has 202 valence electrons. The first-order chi connectivity index (χ1) is 17.9. The number of likely N-dealkylation sites (tertiary alicyclic amines) is 1. The minimum absolute atomic E-state index is 0.00439. The number of phenolic OH excluding ortho intramolecular Hbond substituents is 1. The summed E-state index contributed by atoms with van der Waals surface area (Å²) < 4.78 is 0. The number of aliphatic hydroxyl groups is 3. The number of Topliss-reactive ketones (excluding diaryl/α,β-unsaturated/α-hetero) is 2. The Morgan fingerprint density at radius 2 is 1.84 bits per heavy atom. The Labute approximate surface area is 218 Å². The van der Waals surface area contributed by atoms with Crippen molar-refractivity contribution in [3.8, 4) is 5.75 Å². The van der Waals surface area contributed by atoms with E-state index in [0.29, 0.717) is 11.3 Å². The fraction of sp³-hybridized carbons (Fsp3) is 0.462. The van der Waals surface area contributed by atoms with Gasteiger partial charge in [0.1, 0.15) is 22.8 Å². The van der Waals surface area contributed by atoms with Crippen molar-refractivity contribution in [1.82, 2.24) is 9.80 Å². The Morgan fingerprint density at radius 3 is 2.45 bits per heavy atom. The predicted octanol–water partition coefficient (Wildman–Crippen LogP) is 0.563. The van der Waals surface area contributed by atoms with Crippen LogP contribution >= 0.6 is 0 Å².